The molecule has 0 rings (SSSR count). The third-order valence-corrected chi connectivity index (χ3v) is 4.57. The van der Waals surface area contributed by atoms with E-state index in [-0.39, 0.29) is 12.1 Å². The van der Waals surface area contributed by atoms with Gasteiger partial charge in [0.15, 0.2) is 0 Å². The zero-order valence-corrected chi connectivity index (χ0v) is 16.5. The molecule has 0 unspecified atom stereocenters. The first-order chi connectivity index (χ1) is 11.0. The second-order valence-electron chi connectivity index (χ2n) is 7.73. The fourth-order valence-corrected chi connectivity index (χ4v) is 3.19. The first-order valence-electron chi connectivity index (χ1n) is 10.2. The Labute approximate surface area is 145 Å². The number of rotatable bonds is 15. The normalized spacial score (nSPS) is 11.7. The summed E-state index contributed by atoms with van der Waals surface area (Å²) in [6, 6.07) is 0. The van der Waals surface area contributed by atoms with Gasteiger partial charge in [-0.05, 0) is 18.3 Å². The summed E-state index contributed by atoms with van der Waals surface area (Å²) in [6.07, 6.45) is 15.1. The van der Waals surface area contributed by atoms with Crippen molar-refractivity contribution in [3.8, 4) is 0 Å². The molecule has 23 heavy (non-hydrogen) atoms. The molecule has 0 radical (unpaired) electrons. The SMILES string of the molecule is CCCCCCCCCCCCCC(=O)OC(C(C)C)C(C)C. The molecular weight excluding hydrogens is 284 g/mol. The molecule has 0 amide bonds. The molecule has 0 spiro atoms. The topological polar surface area (TPSA) is 26.3 Å². The lowest BCUT2D eigenvalue weighted by atomic mass is 9.96. The van der Waals surface area contributed by atoms with Gasteiger partial charge in [-0.3, -0.25) is 4.79 Å². The maximum absolute atomic E-state index is 11.9. The molecule has 0 aliphatic carbocycles. The number of unbranched alkanes of at least 4 members (excludes halogenated alkanes) is 10. The molecule has 0 saturated heterocycles. The standard InChI is InChI=1S/C21H42O2/c1-6-7-8-9-10-11-12-13-14-15-16-17-20(22)23-21(18(2)3)19(4)5/h18-19,21H,6-17H2,1-5H3. The van der Waals surface area contributed by atoms with Crippen molar-refractivity contribution in [3.63, 3.8) is 0 Å². The zero-order valence-electron chi connectivity index (χ0n) is 16.5. The average Bonchev–Trinajstić information content (AvgIpc) is 2.49. The zero-order chi connectivity index (χ0) is 17.5. The quantitative estimate of drug-likeness (QED) is 0.241. The minimum Gasteiger partial charge on any atom is -0.462 e. The Morgan fingerprint density at radius 3 is 1.48 bits per heavy atom. The molecule has 0 N–H and O–H groups in total. The van der Waals surface area contributed by atoms with Crippen molar-refractivity contribution in [1.82, 2.24) is 0 Å². The van der Waals surface area contributed by atoms with Crippen LogP contribution in [0.1, 0.15) is 112 Å². The van der Waals surface area contributed by atoms with Crippen LogP contribution in [0.5, 0.6) is 0 Å². The van der Waals surface area contributed by atoms with E-state index in [1.54, 1.807) is 0 Å². The van der Waals surface area contributed by atoms with Crippen LogP contribution in [0.4, 0.5) is 0 Å². The summed E-state index contributed by atoms with van der Waals surface area (Å²) in [4.78, 5) is 11.9. The smallest absolute Gasteiger partial charge is 0.306 e. The number of hydrogen-bond acceptors (Lipinski definition) is 2. The number of carbonyl (C=O) groups excluding carboxylic acids is 1. The number of carbonyl (C=O) groups is 1. The van der Waals surface area contributed by atoms with E-state index in [2.05, 4.69) is 34.6 Å². The van der Waals surface area contributed by atoms with E-state index >= 15 is 0 Å². The Bertz CT molecular complexity index is 263. The van der Waals surface area contributed by atoms with Crippen LogP contribution in [0.3, 0.4) is 0 Å². The molecule has 0 aliphatic rings. The fourth-order valence-electron chi connectivity index (χ4n) is 3.19. The van der Waals surface area contributed by atoms with Gasteiger partial charge in [-0.2, -0.15) is 0 Å². The highest BCUT2D eigenvalue weighted by molar-refractivity contribution is 5.69. The predicted molar refractivity (Wildman–Crippen MR) is 101 cm³/mol. The summed E-state index contributed by atoms with van der Waals surface area (Å²) in [5, 5.41) is 0. The van der Waals surface area contributed by atoms with Crippen LogP contribution in [-0.2, 0) is 9.53 Å². The third-order valence-electron chi connectivity index (χ3n) is 4.57. The van der Waals surface area contributed by atoms with Gasteiger partial charge in [-0.15, -0.1) is 0 Å². The second-order valence-corrected chi connectivity index (χ2v) is 7.73. The largest absolute Gasteiger partial charge is 0.462 e. The minimum atomic E-state index is -0.00618. The predicted octanol–water partition coefficient (Wildman–Crippen LogP) is 6.91. The highest BCUT2D eigenvalue weighted by atomic mass is 16.5. The van der Waals surface area contributed by atoms with Crippen molar-refractivity contribution in [2.45, 2.75) is 118 Å². The first kappa shape index (κ1) is 22.5. The average molecular weight is 327 g/mol. The van der Waals surface area contributed by atoms with Gasteiger partial charge in [-0.1, -0.05) is 98.8 Å². The molecule has 0 aliphatic heterocycles. The van der Waals surface area contributed by atoms with E-state index in [0.29, 0.717) is 18.3 Å². The van der Waals surface area contributed by atoms with Crippen LogP contribution in [0.2, 0.25) is 0 Å². The third kappa shape index (κ3) is 13.6. The molecule has 0 heterocycles. The van der Waals surface area contributed by atoms with Crippen LogP contribution in [0.15, 0.2) is 0 Å². The van der Waals surface area contributed by atoms with Gasteiger partial charge in [0.05, 0.1) is 0 Å². The number of hydrogen-bond donors (Lipinski definition) is 0. The Morgan fingerprint density at radius 1 is 0.696 bits per heavy atom. The molecule has 0 aromatic heterocycles. The highest BCUT2D eigenvalue weighted by Crippen LogP contribution is 2.18. The summed E-state index contributed by atoms with van der Waals surface area (Å²) in [5.74, 6) is 0.792. The summed E-state index contributed by atoms with van der Waals surface area (Å²) in [7, 11) is 0. The van der Waals surface area contributed by atoms with Gasteiger partial charge in [0.1, 0.15) is 6.10 Å². The molecule has 0 atom stereocenters. The number of ether oxygens (including phenoxy) is 1. The molecule has 0 saturated carbocycles. The fraction of sp³-hybridized carbons (Fsp3) is 0.952. The highest BCUT2D eigenvalue weighted by Gasteiger charge is 2.21. The van der Waals surface area contributed by atoms with Crippen LogP contribution >= 0.6 is 0 Å². The van der Waals surface area contributed by atoms with Crippen molar-refractivity contribution in [1.29, 1.82) is 0 Å². The maximum atomic E-state index is 11.9. The van der Waals surface area contributed by atoms with E-state index in [1.165, 1.54) is 64.2 Å². The van der Waals surface area contributed by atoms with Gasteiger partial charge in [0.25, 0.3) is 0 Å². The van der Waals surface area contributed by atoms with Crippen molar-refractivity contribution >= 4 is 5.97 Å². The first-order valence-corrected chi connectivity index (χ1v) is 10.2. The van der Waals surface area contributed by atoms with E-state index < -0.39 is 0 Å². The van der Waals surface area contributed by atoms with Crippen LogP contribution in [-0.4, -0.2) is 12.1 Å². The Kier molecular flexibility index (Phi) is 14.7. The molecule has 0 bridgehead atoms. The summed E-state index contributed by atoms with van der Waals surface area (Å²) in [6.45, 7) is 10.8. The van der Waals surface area contributed by atoms with Crippen LogP contribution < -0.4 is 0 Å². The molecule has 2 nitrogen and oxygen atoms in total. The lowest BCUT2D eigenvalue weighted by molar-refractivity contribution is -0.154. The molecular formula is C21H42O2. The van der Waals surface area contributed by atoms with Crippen molar-refractivity contribution < 1.29 is 9.53 Å². The second kappa shape index (κ2) is 15.0. The van der Waals surface area contributed by atoms with E-state index in [0.717, 1.165) is 6.42 Å². The van der Waals surface area contributed by atoms with Crippen molar-refractivity contribution in [2.75, 3.05) is 0 Å². The Balaban J connectivity index is 3.45. The van der Waals surface area contributed by atoms with Gasteiger partial charge in [0.2, 0.25) is 0 Å². The summed E-state index contributed by atoms with van der Waals surface area (Å²) >= 11 is 0. The van der Waals surface area contributed by atoms with Gasteiger partial charge in [0, 0.05) is 6.42 Å². The lowest BCUT2D eigenvalue weighted by Crippen LogP contribution is -2.28. The summed E-state index contributed by atoms with van der Waals surface area (Å²) < 4.78 is 5.63. The monoisotopic (exact) mass is 326 g/mol. The number of esters is 1. The van der Waals surface area contributed by atoms with Gasteiger partial charge >= 0.3 is 5.97 Å². The minimum absolute atomic E-state index is 0.00618. The Morgan fingerprint density at radius 2 is 1.09 bits per heavy atom. The van der Waals surface area contributed by atoms with Crippen LogP contribution in [0.25, 0.3) is 0 Å². The molecule has 0 aromatic carbocycles. The molecule has 0 aromatic rings. The van der Waals surface area contributed by atoms with E-state index in [4.69, 9.17) is 4.74 Å². The van der Waals surface area contributed by atoms with Crippen LogP contribution in [0, 0.1) is 11.8 Å². The van der Waals surface area contributed by atoms with Crippen molar-refractivity contribution in [2.24, 2.45) is 11.8 Å². The maximum Gasteiger partial charge on any atom is 0.306 e. The summed E-state index contributed by atoms with van der Waals surface area (Å²) in [5.41, 5.74) is 0. The van der Waals surface area contributed by atoms with Gasteiger partial charge < -0.3 is 4.74 Å². The van der Waals surface area contributed by atoms with E-state index in [9.17, 15) is 4.79 Å². The molecule has 138 valence electrons. The van der Waals surface area contributed by atoms with E-state index in [1.807, 2.05) is 0 Å². The van der Waals surface area contributed by atoms with Gasteiger partial charge in [-0.25, -0.2) is 0 Å². The lowest BCUT2D eigenvalue weighted by Gasteiger charge is -2.24. The Hall–Kier alpha value is -0.530. The molecule has 0 fully saturated rings. The molecule has 2 heteroatoms. The van der Waals surface area contributed by atoms with Crippen molar-refractivity contribution in [3.05, 3.63) is 0 Å².